The summed E-state index contributed by atoms with van der Waals surface area (Å²) in [5.74, 6) is 0. The van der Waals surface area contributed by atoms with Gasteiger partial charge in [0.1, 0.15) is 6.23 Å². The maximum absolute atomic E-state index is 10.6. The van der Waals surface area contributed by atoms with Gasteiger partial charge in [0, 0.05) is 18.7 Å². The van der Waals surface area contributed by atoms with Crippen LogP contribution in [0.2, 0.25) is 0 Å². The number of non-ortho nitro benzene ring substituents is 1. The zero-order valence-corrected chi connectivity index (χ0v) is 10.7. The fourth-order valence-electron chi connectivity index (χ4n) is 2.31. The summed E-state index contributed by atoms with van der Waals surface area (Å²) >= 11 is 0. The van der Waals surface area contributed by atoms with Crippen LogP contribution in [0, 0.1) is 10.1 Å². The van der Waals surface area contributed by atoms with E-state index in [9.17, 15) is 10.1 Å². The molecule has 0 aromatic heterocycles. The van der Waals surface area contributed by atoms with Crippen molar-refractivity contribution in [1.29, 1.82) is 0 Å². The van der Waals surface area contributed by atoms with Crippen molar-refractivity contribution < 1.29 is 9.66 Å². The van der Waals surface area contributed by atoms with Gasteiger partial charge in [0.05, 0.1) is 11.0 Å². The van der Waals surface area contributed by atoms with Crippen LogP contribution in [0.5, 0.6) is 0 Å². The maximum atomic E-state index is 10.6. The standard InChI is InChI=1S/C15H14N2O3/c18-17(19)13-8-6-12(7-9-13)15-16-10-14(20-15)11-4-2-1-3-5-11/h1-9,14-16H,10H2. The molecule has 1 fully saturated rings. The average molecular weight is 270 g/mol. The Labute approximate surface area is 116 Å². The highest BCUT2D eigenvalue weighted by Gasteiger charge is 2.27. The van der Waals surface area contributed by atoms with Crippen LogP contribution in [-0.2, 0) is 4.74 Å². The lowest BCUT2D eigenvalue weighted by Gasteiger charge is -2.13. The van der Waals surface area contributed by atoms with Gasteiger partial charge in [0.2, 0.25) is 0 Å². The summed E-state index contributed by atoms with van der Waals surface area (Å²) < 4.78 is 5.95. The highest BCUT2D eigenvalue weighted by atomic mass is 16.6. The largest absolute Gasteiger partial charge is 0.350 e. The van der Waals surface area contributed by atoms with E-state index in [2.05, 4.69) is 5.32 Å². The molecule has 102 valence electrons. The van der Waals surface area contributed by atoms with Gasteiger partial charge in [-0.3, -0.25) is 15.4 Å². The molecule has 20 heavy (non-hydrogen) atoms. The van der Waals surface area contributed by atoms with Crippen molar-refractivity contribution in [3.63, 3.8) is 0 Å². The molecule has 1 N–H and O–H groups in total. The molecule has 2 aromatic carbocycles. The van der Waals surface area contributed by atoms with Gasteiger partial charge in [0.15, 0.2) is 0 Å². The van der Waals surface area contributed by atoms with Gasteiger partial charge in [-0.1, -0.05) is 30.3 Å². The normalized spacial score (nSPS) is 21.8. The van der Waals surface area contributed by atoms with Crippen LogP contribution in [0.25, 0.3) is 0 Å². The number of nitrogens with zero attached hydrogens (tertiary/aromatic N) is 1. The number of nitrogens with one attached hydrogen (secondary N) is 1. The van der Waals surface area contributed by atoms with E-state index in [1.165, 1.54) is 12.1 Å². The third-order valence-corrected chi connectivity index (χ3v) is 3.37. The Kier molecular flexibility index (Phi) is 3.45. The molecule has 3 rings (SSSR count). The average Bonchev–Trinajstić information content (AvgIpc) is 2.98. The lowest BCUT2D eigenvalue weighted by molar-refractivity contribution is -0.384. The highest BCUT2D eigenvalue weighted by Crippen LogP contribution is 2.30. The first-order valence-electron chi connectivity index (χ1n) is 6.42. The van der Waals surface area contributed by atoms with Crippen LogP contribution in [0.1, 0.15) is 23.5 Å². The van der Waals surface area contributed by atoms with E-state index >= 15 is 0 Å². The molecule has 2 atom stereocenters. The lowest BCUT2D eigenvalue weighted by atomic mass is 10.1. The molecular weight excluding hydrogens is 256 g/mol. The lowest BCUT2D eigenvalue weighted by Crippen LogP contribution is -2.13. The molecule has 2 aromatic rings. The topological polar surface area (TPSA) is 64.4 Å². The van der Waals surface area contributed by atoms with Gasteiger partial charge in [-0.15, -0.1) is 0 Å². The molecule has 1 aliphatic heterocycles. The Bertz CT molecular complexity index is 598. The summed E-state index contributed by atoms with van der Waals surface area (Å²) in [6.07, 6.45) is -0.211. The number of nitro groups is 1. The predicted molar refractivity (Wildman–Crippen MR) is 74.1 cm³/mol. The Hall–Kier alpha value is -2.24. The maximum Gasteiger partial charge on any atom is 0.269 e. The van der Waals surface area contributed by atoms with Crippen LogP contribution in [-0.4, -0.2) is 11.5 Å². The summed E-state index contributed by atoms with van der Waals surface area (Å²) in [5.41, 5.74) is 2.12. The van der Waals surface area contributed by atoms with Gasteiger partial charge in [-0.2, -0.15) is 0 Å². The van der Waals surface area contributed by atoms with E-state index in [-0.39, 0.29) is 18.0 Å². The molecule has 2 unspecified atom stereocenters. The summed E-state index contributed by atoms with van der Waals surface area (Å²) in [4.78, 5) is 10.2. The second kappa shape index (κ2) is 5.40. The van der Waals surface area contributed by atoms with Gasteiger partial charge >= 0.3 is 0 Å². The molecular formula is C15H14N2O3. The fraction of sp³-hybridized carbons (Fsp3) is 0.200. The summed E-state index contributed by atoms with van der Waals surface area (Å²) in [6.45, 7) is 0.728. The zero-order valence-electron chi connectivity index (χ0n) is 10.7. The van der Waals surface area contributed by atoms with Crippen molar-refractivity contribution in [3.8, 4) is 0 Å². The Morgan fingerprint density at radius 1 is 1.05 bits per heavy atom. The molecule has 0 amide bonds. The minimum atomic E-state index is -0.403. The number of hydrogen-bond acceptors (Lipinski definition) is 4. The number of hydrogen-bond donors (Lipinski definition) is 1. The molecule has 0 bridgehead atoms. The van der Waals surface area contributed by atoms with E-state index in [4.69, 9.17) is 4.74 Å². The van der Waals surface area contributed by atoms with Crippen molar-refractivity contribution in [2.45, 2.75) is 12.3 Å². The third-order valence-electron chi connectivity index (χ3n) is 3.37. The second-order valence-corrected chi connectivity index (χ2v) is 4.67. The van der Waals surface area contributed by atoms with Crippen molar-refractivity contribution in [1.82, 2.24) is 5.32 Å². The quantitative estimate of drug-likeness (QED) is 0.688. The highest BCUT2D eigenvalue weighted by molar-refractivity contribution is 5.34. The Morgan fingerprint density at radius 2 is 1.75 bits per heavy atom. The summed E-state index contributed by atoms with van der Waals surface area (Å²) in [6, 6.07) is 16.4. The van der Waals surface area contributed by atoms with Gasteiger partial charge in [-0.25, -0.2) is 0 Å². The third kappa shape index (κ3) is 2.54. The second-order valence-electron chi connectivity index (χ2n) is 4.67. The van der Waals surface area contributed by atoms with Crippen molar-refractivity contribution in [2.75, 3.05) is 6.54 Å². The first-order valence-corrected chi connectivity index (χ1v) is 6.42. The van der Waals surface area contributed by atoms with E-state index in [0.717, 1.165) is 17.7 Å². The minimum Gasteiger partial charge on any atom is -0.350 e. The Morgan fingerprint density at radius 3 is 2.40 bits per heavy atom. The van der Waals surface area contributed by atoms with E-state index in [0.29, 0.717) is 0 Å². The van der Waals surface area contributed by atoms with Crippen molar-refractivity contribution in [2.24, 2.45) is 0 Å². The van der Waals surface area contributed by atoms with Gasteiger partial charge in [-0.05, 0) is 23.3 Å². The van der Waals surface area contributed by atoms with Crippen LogP contribution < -0.4 is 5.32 Å². The number of benzene rings is 2. The summed E-state index contributed by atoms with van der Waals surface area (Å²) in [5, 5.41) is 13.9. The monoisotopic (exact) mass is 270 g/mol. The van der Waals surface area contributed by atoms with E-state index < -0.39 is 4.92 Å². The van der Waals surface area contributed by atoms with Gasteiger partial charge in [0.25, 0.3) is 5.69 Å². The fourth-order valence-corrected chi connectivity index (χ4v) is 2.31. The molecule has 1 aliphatic rings. The zero-order chi connectivity index (χ0) is 13.9. The first kappa shape index (κ1) is 12.8. The van der Waals surface area contributed by atoms with Gasteiger partial charge < -0.3 is 4.74 Å². The first-order chi connectivity index (χ1) is 9.74. The molecule has 5 heteroatoms. The molecule has 0 radical (unpaired) electrons. The number of rotatable bonds is 3. The van der Waals surface area contributed by atoms with Crippen LogP contribution in [0.3, 0.4) is 0 Å². The number of nitro benzene ring substituents is 1. The van der Waals surface area contributed by atoms with Crippen LogP contribution in [0.4, 0.5) is 5.69 Å². The van der Waals surface area contributed by atoms with E-state index in [1.807, 2.05) is 30.3 Å². The van der Waals surface area contributed by atoms with Crippen LogP contribution in [0.15, 0.2) is 54.6 Å². The Balaban J connectivity index is 1.72. The molecule has 5 nitrogen and oxygen atoms in total. The van der Waals surface area contributed by atoms with Crippen molar-refractivity contribution >= 4 is 5.69 Å². The van der Waals surface area contributed by atoms with Crippen molar-refractivity contribution in [3.05, 3.63) is 75.8 Å². The molecule has 0 aliphatic carbocycles. The van der Waals surface area contributed by atoms with E-state index in [1.54, 1.807) is 12.1 Å². The number of ether oxygens (including phenoxy) is 1. The molecule has 0 saturated carbocycles. The minimum absolute atomic E-state index is 0.0105. The molecule has 0 spiro atoms. The summed E-state index contributed by atoms with van der Waals surface area (Å²) in [7, 11) is 0. The van der Waals surface area contributed by atoms with Crippen LogP contribution >= 0.6 is 0 Å². The smallest absolute Gasteiger partial charge is 0.269 e. The SMILES string of the molecule is O=[N+]([O-])c1ccc(C2NCC(c3ccccc3)O2)cc1. The predicted octanol–water partition coefficient (Wildman–Crippen LogP) is 2.95. The molecule has 1 saturated heterocycles. The molecule has 1 heterocycles.